The smallest absolute Gasteiger partial charge is 0.319 e. The average molecular weight is 349 g/mol. The number of hydrogen-bond acceptors (Lipinski definition) is 5. The van der Waals surface area contributed by atoms with Crippen molar-refractivity contribution >= 4 is 11.7 Å². The molecule has 2 rings (SSSR count). The van der Waals surface area contributed by atoms with E-state index in [0.717, 1.165) is 13.0 Å². The van der Waals surface area contributed by atoms with Crippen LogP contribution in [0.15, 0.2) is 18.2 Å². The molecule has 0 aliphatic heterocycles. The third kappa shape index (κ3) is 4.96. The van der Waals surface area contributed by atoms with Gasteiger partial charge in [-0.15, -0.1) is 5.10 Å². The van der Waals surface area contributed by atoms with Crippen molar-refractivity contribution in [2.75, 3.05) is 25.5 Å². The highest BCUT2D eigenvalue weighted by Crippen LogP contribution is 2.18. The van der Waals surface area contributed by atoms with Crippen LogP contribution in [0.25, 0.3) is 5.69 Å². The monoisotopic (exact) mass is 349 g/mol. The lowest BCUT2D eigenvalue weighted by Gasteiger charge is -2.23. The van der Waals surface area contributed by atoms with E-state index in [1.807, 2.05) is 7.05 Å². The zero-order valence-corrected chi connectivity index (χ0v) is 15.0. The molecule has 1 atom stereocenters. The predicted molar refractivity (Wildman–Crippen MR) is 93.3 cm³/mol. The van der Waals surface area contributed by atoms with Crippen molar-refractivity contribution in [3.05, 3.63) is 29.8 Å². The molecule has 1 heterocycles. The molecule has 0 unspecified atom stereocenters. The first-order valence-electron chi connectivity index (χ1n) is 8.22. The summed E-state index contributed by atoms with van der Waals surface area (Å²) in [5.41, 5.74) is 0.635. The normalized spacial score (nSPS) is 12.2. The minimum atomic E-state index is -0.475. The van der Waals surface area contributed by atoms with Crippen LogP contribution in [0.2, 0.25) is 0 Å². The number of likely N-dealkylation sites (N-methyl/N-ethyl adjacent to an activating group) is 1. The van der Waals surface area contributed by atoms with Crippen molar-refractivity contribution < 1.29 is 9.18 Å². The number of aromatic nitrogens is 4. The molecule has 0 spiro atoms. The molecule has 2 aromatic rings. The van der Waals surface area contributed by atoms with Gasteiger partial charge in [0.25, 0.3) is 0 Å². The van der Waals surface area contributed by atoms with E-state index in [9.17, 15) is 9.18 Å². The lowest BCUT2D eigenvalue weighted by molar-refractivity contribution is 0.238. The van der Waals surface area contributed by atoms with Crippen LogP contribution in [-0.4, -0.2) is 57.3 Å². The van der Waals surface area contributed by atoms with Crippen molar-refractivity contribution in [2.45, 2.75) is 33.2 Å². The third-order valence-corrected chi connectivity index (χ3v) is 4.15. The highest BCUT2D eigenvalue weighted by molar-refractivity contribution is 5.89. The minimum absolute atomic E-state index is 0.178. The second-order valence-electron chi connectivity index (χ2n) is 5.92. The number of aryl methyl sites for hydroxylation is 1. The molecule has 0 saturated carbocycles. The molecule has 0 fully saturated rings. The molecule has 0 bridgehead atoms. The fraction of sp³-hybridized carbons (Fsp3) is 0.500. The maximum absolute atomic E-state index is 14.0. The van der Waals surface area contributed by atoms with Crippen LogP contribution in [0.3, 0.4) is 0 Å². The summed E-state index contributed by atoms with van der Waals surface area (Å²) >= 11 is 0. The molecule has 1 aromatic heterocycles. The summed E-state index contributed by atoms with van der Waals surface area (Å²) in [7, 11) is 2.02. The van der Waals surface area contributed by atoms with E-state index in [0.29, 0.717) is 24.1 Å². The average Bonchev–Trinajstić information content (AvgIpc) is 3.01. The topological polar surface area (TPSA) is 88.0 Å². The quantitative estimate of drug-likeness (QED) is 0.798. The third-order valence-electron chi connectivity index (χ3n) is 4.15. The van der Waals surface area contributed by atoms with Gasteiger partial charge in [-0.2, -0.15) is 4.68 Å². The zero-order valence-electron chi connectivity index (χ0n) is 15.0. The Balaban J connectivity index is 1.94. The van der Waals surface area contributed by atoms with Gasteiger partial charge in [-0.3, -0.25) is 0 Å². The van der Waals surface area contributed by atoms with Gasteiger partial charge < -0.3 is 15.5 Å². The van der Waals surface area contributed by atoms with Gasteiger partial charge in [-0.25, -0.2) is 9.18 Å². The van der Waals surface area contributed by atoms with Crippen molar-refractivity contribution in [1.82, 2.24) is 30.4 Å². The van der Waals surface area contributed by atoms with Crippen molar-refractivity contribution in [3.63, 3.8) is 0 Å². The minimum Gasteiger partial charge on any atom is -0.337 e. The molecule has 2 amide bonds. The number of halogens is 1. The number of rotatable bonds is 7. The Morgan fingerprint density at radius 3 is 2.84 bits per heavy atom. The zero-order chi connectivity index (χ0) is 18.4. The second kappa shape index (κ2) is 8.52. The van der Waals surface area contributed by atoms with E-state index in [2.05, 4.69) is 44.9 Å². The molecule has 1 aromatic carbocycles. The SMILES string of the molecule is CC[C@@H](C)N(C)CCNC(=O)Nc1ccc(F)c(-n2nnnc2C)c1. The number of carbonyl (C=O) groups is 1. The highest BCUT2D eigenvalue weighted by Gasteiger charge is 2.12. The van der Waals surface area contributed by atoms with Gasteiger partial charge in [0.1, 0.15) is 11.5 Å². The molecule has 2 N–H and O–H groups in total. The Morgan fingerprint density at radius 2 is 2.20 bits per heavy atom. The summed E-state index contributed by atoms with van der Waals surface area (Å²) in [6.07, 6.45) is 1.05. The summed E-state index contributed by atoms with van der Waals surface area (Å²) in [5.74, 6) is -0.0230. The van der Waals surface area contributed by atoms with Crippen LogP contribution in [-0.2, 0) is 0 Å². The lowest BCUT2D eigenvalue weighted by Crippen LogP contribution is -2.38. The first-order valence-corrected chi connectivity index (χ1v) is 8.22. The Labute approximate surface area is 146 Å². The largest absolute Gasteiger partial charge is 0.337 e. The van der Waals surface area contributed by atoms with Gasteiger partial charge in [-0.05, 0) is 55.9 Å². The van der Waals surface area contributed by atoms with Crippen molar-refractivity contribution in [3.8, 4) is 5.69 Å². The van der Waals surface area contributed by atoms with E-state index in [4.69, 9.17) is 0 Å². The van der Waals surface area contributed by atoms with Crippen LogP contribution >= 0.6 is 0 Å². The van der Waals surface area contributed by atoms with Gasteiger partial charge in [0.2, 0.25) is 0 Å². The maximum Gasteiger partial charge on any atom is 0.319 e. The van der Waals surface area contributed by atoms with Crippen LogP contribution in [0.5, 0.6) is 0 Å². The van der Waals surface area contributed by atoms with E-state index in [-0.39, 0.29) is 11.7 Å². The number of tetrazole rings is 1. The number of anilines is 1. The van der Waals surface area contributed by atoms with Crippen LogP contribution in [0, 0.1) is 12.7 Å². The molecule has 0 saturated heterocycles. The Kier molecular flexibility index (Phi) is 6.40. The lowest BCUT2D eigenvalue weighted by atomic mass is 10.2. The molecule has 0 radical (unpaired) electrons. The van der Waals surface area contributed by atoms with Crippen LogP contribution < -0.4 is 10.6 Å². The Morgan fingerprint density at radius 1 is 1.44 bits per heavy atom. The number of nitrogens with zero attached hydrogens (tertiary/aromatic N) is 5. The molecular formula is C16H24FN7O. The van der Waals surface area contributed by atoms with E-state index in [1.165, 1.54) is 22.9 Å². The van der Waals surface area contributed by atoms with Gasteiger partial charge >= 0.3 is 6.03 Å². The summed E-state index contributed by atoms with van der Waals surface area (Å²) in [6, 6.07) is 4.36. The van der Waals surface area contributed by atoms with Gasteiger partial charge in [0, 0.05) is 24.8 Å². The summed E-state index contributed by atoms with van der Waals surface area (Å²) in [4.78, 5) is 14.2. The standard InChI is InChI=1S/C16H24FN7O/c1-5-11(2)23(4)9-8-18-16(25)19-13-6-7-14(17)15(10-13)24-12(3)20-21-22-24/h6-7,10-11H,5,8-9H2,1-4H3,(H2,18,19,25)/t11-/m1/s1. The number of benzene rings is 1. The fourth-order valence-corrected chi connectivity index (χ4v) is 2.26. The summed E-state index contributed by atoms with van der Waals surface area (Å²) in [5, 5.41) is 16.5. The van der Waals surface area contributed by atoms with Crippen molar-refractivity contribution in [1.29, 1.82) is 0 Å². The maximum atomic E-state index is 14.0. The van der Waals surface area contributed by atoms with E-state index >= 15 is 0 Å². The van der Waals surface area contributed by atoms with Gasteiger partial charge in [0.05, 0.1) is 0 Å². The molecular weight excluding hydrogens is 325 g/mol. The molecule has 9 heteroatoms. The first kappa shape index (κ1) is 18.8. The molecule has 25 heavy (non-hydrogen) atoms. The predicted octanol–water partition coefficient (Wildman–Crippen LogP) is 1.96. The summed E-state index contributed by atoms with van der Waals surface area (Å²) < 4.78 is 15.3. The fourth-order valence-electron chi connectivity index (χ4n) is 2.26. The highest BCUT2D eigenvalue weighted by atomic mass is 19.1. The Hall–Kier alpha value is -2.55. The number of nitrogens with one attached hydrogen (secondary N) is 2. The van der Waals surface area contributed by atoms with Crippen LogP contribution in [0.1, 0.15) is 26.1 Å². The summed E-state index contributed by atoms with van der Waals surface area (Å²) in [6.45, 7) is 7.20. The second-order valence-corrected chi connectivity index (χ2v) is 5.92. The molecule has 136 valence electrons. The first-order chi connectivity index (χ1) is 11.9. The molecule has 0 aliphatic carbocycles. The number of amides is 2. The van der Waals surface area contributed by atoms with E-state index < -0.39 is 5.82 Å². The molecule has 8 nitrogen and oxygen atoms in total. The Bertz CT molecular complexity index is 718. The molecule has 0 aliphatic rings. The van der Waals surface area contributed by atoms with Gasteiger partial charge in [-0.1, -0.05) is 6.92 Å². The van der Waals surface area contributed by atoms with E-state index in [1.54, 1.807) is 6.92 Å². The number of urea groups is 1. The van der Waals surface area contributed by atoms with Gasteiger partial charge in [0.15, 0.2) is 5.82 Å². The number of hydrogen-bond donors (Lipinski definition) is 2. The van der Waals surface area contributed by atoms with Crippen LogP contribution in [0.4, 0.5) is 14.9 Å². The number of carbonyl (C=O) groups excluding carboxylic acids is 1. The van der Waals surface area contributed by atoms with Crippen molar-refractivity contribution in [2.24, 2.45) is 0 Å².